The van der Waals surface area contributed by atoms with Crippen molar-refractivity contribution in [2.75, 3.05) is 40.3 Å². The molecule has 2 amide bonds. The van der Waals surface area contributed by atoms with Crippen LogP contribution in [0, 0.1) is 5.92 Å². The van der Waals surface area contributed by atoms with Crippen molar-refractivity contribution in [3.63, 3.8) is 0 Å². The van der Waals surface area contributed by atoms with E-state index < -0.39 is 6.04 Å². The Balaban J connectivity index is 0.00000280. The van der Waals surface area contributed by atoms with Gasteiger partial charge in [0, 0.05) is 24.7 Å². The largest absolute Gasteiger partial charge is 0.496 e. The molecule has 2 aliphatic rings. The lowest BCUT2D eigenvalue weighted by Gasteiger charge is -2.36. The van der Waals surface area contributed by atoms with Crippen molar-refractivity contribution in [2.45, 2.75) is 31.7 Å². The number of ether oxygens (including phenoxy) is 1. The molecule has 2 aliphatic heterocycles. The number of hydrogen-bond acceptors (Lipinski definition) is 4. The maximum Gasteiger partial charge on any atom is 0.258 e. The van der Waals surface area contributed by atoms with Crippen LogP contribution < -0.4 is 10.1 Å². The van der Waals surface area contributed by atoms with E-state index in [9.17, 15) is 9.59 Å². The lowest BCUT2D eigenvalue weighted by Crippen LogP contribution is -2.51. The Labute approximate surface area is 177 Å². The van der Waals surface area contributed by atoms with E-state index in [0.717, 1.165) is 38.9 Å². The number of benzene rings is 1. The minimum absolute atomic E-state index is 0. The van der Waals surface area contributed by atoms with Crippen LogP contribution in [-0.4, -0.2) is 68.0 Å². The van der Waals surface area contributed by atoms with Gasteiger partial charge in [0.05, 0.1) is 12.7 Å². The Morgan fingerprint density at radius 2 is 2.00 bits per heavy atom. The molecule has 0 saturated carbocycles. The van der Waals surface area contributed by atoms with Gasteiger partial charge < -0.3 is 19.9 Å². The van der Waals surface area contributed by atoms with Crippen LogP contribution in [0.4, 0.5) is 0 Å². The van der Waals surface area contributed by atoms with E-state index in [1.165, 1.54) is 7.11 Å². The standard InChI is InChI=1S/C20H28ClN3O3.ClH/c1-22-12-14-5-3-9-23(13-14)20(26)17-6-4-10-24(17)19(25)16-11-15(21)7-8-18(16)27-2;/h7-8,11,14,17,22H,3-6,9-10,12-13H2,1-2H3;1H. The molecule has 2 unspecified atom stereocenters. The molecule has 0 aromatic heterocycles. The molecule has 2 fully saturated rings. The van der Waals surface area contributed by atoms with Gasteiger partial charge in [-0.2, -0.15) is 0 Å². The summed E-state index contributed by atoms with van der Waals surface area (Å²) in [6.45, 7) is 3.03. The minimum Gasteiger partial charge on any atom is -0.496 e. The number of nitrogens with zero attached hydrogens (tertiary/aromatic N) is 2. The Kier molecular flexibility index (Phi) is 8.40. The van der Waals surface area contributed by atoms with Gasteiger partial charge in [-0.15, -0.1) is 12.4 Å². The summed E-state index contributed by atoms with van der Waals surface area (Å²) >= 11 is 6.08. The number of amides is 2. The SMILES string of the molecule is CNCC1CCCN(C(=O)C2CCCN2C(=O)c2cc(Cl)ccc2OC)C1.Cl. The molecule has 2 heterocycles. The third-order valence-corrected chi connectivity index (χ3v) is 5.75. The van der Waals surface area contributed by atoms with E-state index in [1.807, 2.05) is 11.9 Å². The molecule has 1 N–H and O–H groups in total. The lowest BCUT2D eigenvalue weighted by molar-refractivity contribution is -0.137. The highest BCUT2D eigenvalue weighted by Gasteiger charge is 2.38. The van der Waals surface area contributed by atoms with Gasteiger partial charge in [0.2, 0.25) is 5.91 Å². The fourth-order valence-electron chi connectivity index (χ4n) is 4.20. The van der Waals surface area contributed by atoms with Gasteiger partial charge in [0.25, 0.3) is 5.91 Å². The fraction of sp³-hybridized carbons (Fsp3) is 0.600. The molecule has 1 aromatic rings. The molecule has 2 saturated heterocycles. The fourth-order valence-corrected chi connectivity index (χ4v) is 4.37. The number of hydrogen-bond donors (Lipinski definition) is 1. The molecule has 8 heteroatoms. The number of nitrogens with one attached hydrogen (secondary N) is 1. The van der Waals surface area contributed by atoms with Crippen molar-refractivity contribution in [1.82, 2.24) is 15.1 Å². The molecular formula is C20H29Cl2N3O3. The van der Waals surface area contributed by atoms with E-state index in [4.69, 9.17) is 16.3 Å². The third-order valence-electron chi connectivity index (χ3n) is 5.51. The zero-order valence-corrected chi connectivity index (χ0v) is 18.0. The van der Waals surface area contributed by atoms with Gasteiger partial charge >= 0.3 is 0 Å². The van der Waals surface area contributed by atoms with Crippen molar-refractivity contribution in [3.8, 4) is 5.75 Å². The van der Waals surface area contributed by atoms with Crippen LogP contribution in [0.15, 0.2) is 18.2 Å². The summed E-state index contributed by atoms with van der Waals surface area (Å²) in [5.74, 6) is 0.845. The average molecular weight is 430 g/mol. The average Bonchev–Trinajstić information content (AvgIpc) is 3.17. The van der Waals surface area contributed by atoms with Gasteiger partial charge in [0.1, 0.15) is 11.8 Å². The molecule has 0 aliphatic carbocycles. The highest BCUT2D eigenvalue weighted by Crippen LogP contribution is 2.29. The first-order valence-electron chi connectivity index (χ1n) is 9.63. The molecule has 3 rings (SSSR count). The molecule has 1 aromatic carbocycles. The quantitative estimate of drug-likeness (QED) is 0.781. The summed E-state index contributed by atoms with van der Waals surface area (Å²) in [7, 11) is 3.47. The lowest BCUT2D eigenvalue weighted by atomic mass is 9.97. The van der Waals surface area contributed by atoms with Crippen molar-refractivity contribution >= 4 is 35.8 Å². The first-order chi connectivity index (χ1) is 13.0. The number of carbonyl (C=O) groups is 2. The Morgan fingerprint density at radius 3 is 2.71 bits per heavy atom. The van der Waals surface area contributed by atoms with Crippen LogP contribution in [0.1, 0.15) is 36.0 Å². The van der Waals surface area contributed by atoms with Crippen LogP contribution in [0.25, 0.3) is 0 Å². The topological polar surface area (TPSA) is 61.9 Å². The van der Waals surface area contributed by atoms with Crippen LogP contribution in [0.2, 0.25) is 5.02 Å². The second-order valence-corrected chi connectivity index (χ2v) is 7.79. The van der Waals surface area contributed by atoms with Crippen LogP contribution in [0.3, 0.4) is 0 Å². The summed E-state index contributed by atoms with van der Waals surface area (Å²) in [5.41, 5.74) is 0.413. The summed E-state index contributed by atoms with van der Waals surface area (Å²) in [5, 5.41) is 3.68. The molecule has 6 nitrogen and oxygen atoms in total. The number of halogens is 2. The van der Waals surface area contributed by atoms with E-state index in [2.05, 4.69) is 5.32 Å². The molecule has 0 bridgehead atoms. The number of carbonyl (C=O) groups excluding carboxylic acids is 2. The highest BCUT2D eigenvalue weighted by molar-refractivity contribution is 6.31. The van der Waals surface area contributed by atoms with E-state index in [-0.39, 0.29) is 24.2 Å². The molecule has 2 atom stereocenters. The number of likely N-dealkylation sites (tertiary alicyclic amines) is 2. The molecule has 156 valence electrons. The zero-order valence-electron chi connectivity index (χ0n) is 16.4. The second-order valence-electron chi connectivity index (χ2n) is 7.35. The van der Waals surface area contributed by atoms with Gasteiger partial charge in [-0.3, -0.25) is 9.59 Å². The van der Waals surface area contributed by atoms with Crippen molar-refractivity contribution in [1.29, 1.82) is 0 Å². The van der Waals surface area contributed by atoms with Gasteiger partial charge in [-0.1, -0.05) is 11.6 Å². The van der Waals surface area contributed by atoms with Gasteiger partial charge in [-0.05, 0) is 63.4 Å². The maximum atomic E-state index is 13.2. The first kappa shape index (κ1) is 22.8. The van der Waals surface area contributed by atoms with Crippen molar-refractivity contribution < 1.29 is 14.3 Å². The third kappa shape index (κ3) is 4.91. The molecule has 0 radical (unpaired) electrons. The second kappa shape index (κ2) is 10.3. The number of rotatable bonds is 5. The molecule has 28 heavy (non-hydrogen) atoms. The first-order valence-corrected chi connectivity index (χ1v) is 10.0. The summed E-state index contributed by atoms with van der Waals surface area (Å²) in [6.07, 6.45) is 3.69. The monoisotopic (exact) mass is 429 g/mol. The maximum absolute atomic E-state index is 13.2. The molecular weight excluding hydrogens is 401 g/mol. The molecule has 0 spiro atoms. The Bertz CT molecular complexity index is 699. The van der Waals surface area contributed by atoms with Crippen LogP contribution in [0.5, 0.6) is 5.75 Å². The summed E-state index contributed by atoms with van der Waals surface area (Å²) < 4.78 is 5.33. The van der Waals surface area contributed by atoms with Gasteiger partial charge in [-0.25, -0.2) is 0 Å². The smallest absolute Gasteiger partial charge is 0.258 e. The van der Waals surface area contributed by atoms with E-state index in [1.54, 1.807) is 23.1 Å². The van der Waals surface area contributed by atoms with Crippen molar-refractivity contribution in [3.05, 3.63) is 28.8 Å². The zero-order chi connectivity index (χ0) is 19.4. The van der Waals surface area contributed by atoms with E-state index in [0.29, 0.717) is 35.2 Å². The Morgan fingerprint density at radius 1 is 1.25 bits per heavy atom. The number of methoxy groups -OCH3 is 1. The highest BCUT2D eigenvalue weighted by atomic mass is 35.5. The van der Waals surface area contributed by atoms with Gasteiger partial charge in [0.15, 0.2) is 0 Å². The predicted molar refractivity (Wildman–Crippen MR) is 113 cm³/mol. The van der Waals surface area contributed by atoms with Crippen LogP contribution in [-0.2, 0) is 4.79 Å². The summed E-state index contributed by atoms with van der Waals surface area (Å²) in [6, 6.07) is 4.61. The summed E-state index contributed by atoms with van der Waals surface area (Å²) in [4.78, 5) is 30.0. The minimum atomic E-state index is -0.394. The van der Waals surface area contributed by atoms with Crippen molar-refractivity contribution in [2.24, 2.45) is 5.92 Å². The predicted octanol–water partition coefficient (Wildman–Crippen LogP) is 2.83. The number of piperidine rings is 1. The van der Waals surface area contributed by atoms with Crippen LogP contribution >= 0.6 is 24.0 Å². The van der Waals surface area contributed by atoms with E-state index >= 15 is 0 Å². The normalized spacial score (nSPS) is 22.0. The Hall–Kier alpha value is -1.50.